The van der Waals surface area contributed by atoms with Crippen LogP contribution in [0.3, 0.4) is 0 Å². The van der Waals surface area contributed by atoms with Gasteiger partial charge in [-0.05, 0) is 18.2 Å². The second-order valence-corrected chi connectivity index (χ2v) is 2.94. The second-order valence-electron chi connectivity index (χ2n) is 2.94. The van der Waals surface area contributed by atoms with Crippen molar-refractivity contribution >= 4 is 5.82 Å². The van der Waals surface area contributed by atoms with Crippen molar-refractivity contribution in [1.82, 2.24) is 9.55 Å². The summed E-state index contributed by atoms with van der Waals surface area (Å²) in [5.74, 6) is -0.151. The molecule has 0 atom stereocenters. The molecule has 1 aromatic carbocycles. The Kier molecular flexibility index (Phi) is 2.10. The molecule has 2 aromatic rings. The molecule has 0 radical (unpaired) electrons. The SMILES string of the molecule is N#Cc1ncn(-c2cccc(F)c2)c1N. The van der Waals surface area contributed by atoms with Gasteiger partial charge in [0.1, 0.15) is 24.0 Å². The summed E-state index contributed by atoms with van der Waals surface area (Å²) in [6.45, 7) is 0. The highest BCUT2D eigenvalue weighted by atomic mass is 19.1. The maximum atomic E-state index is 12.9. The van der Waals surface area contributed by atoms with Gasteiger partial charge < -0.3 is 5.73 Å². The fraction of sp³-hybridized carbons (Fsp3) is 0. The maximum Gasteiger partial charge on any atom is 0.182 e. The molecule has 0 aliphatic heterocycles. The van der Waals surface area contributed by atoms with Crippen molar-refractivity contribution in [2.45, 2.75) is 0 Å². The summed E-state index contributed by atoms with van der Waals surface area (Å²) >= 11 is 0. The smallest absolute Gasteiger partial charge is 0.182 e. The molecule has 0 spiro atoms. The molecule has 5 heteroatoms. The first kappa shape index (κ1) is 9.21. The Labute approximate surface area is 85.4 Å². The minimum Gasteiger partial charge on any atom is -0.382 e. The van der Waals surface area contributed by atoms with Crippen LogP contribution in [0.2, 0.25) is 0 Å². The normalized spacial score (nSPS) is 9.87. The molecule has 0 saturated carbocycles. The summed E-state index contributed by atoms with van der Waals surface area (Å²) in [7, 11) is 0. The van der Waals surface area contributed by atoms with E-state index in [2.05, 4.69) is 4.98 Å². The molecule has 2 N–H and O–H groups in total. The van der Waals surface area contributed by atoms with Crippen LogP contribution in [0.15, 0.2) is 30.6 Å². The lowest BCUT2D eigenvalue weighted by molar-refractivity contribution is 0.626. The summed E-state index contributed by atoms with van der Waals surface area (Å²) < 4.78 is 14.4. The molecule has 74 valence electrons. The largest absolute Gasteiger partial charge is 0.382 e. The van der Waals surface area contributed by atoms with E-state index in [0.717, 1.165) is 0 Å². The number of nitriles is 1. The number of nitrogens with zero attached hydrogens (tertiary/aromatic N) is 3. The number of hydrogen-bond donors (Lipinski definition) is 1. The minimum absolute atomic E-state index is 0.138. The Morgan fingerprint density at radius 2 is 2.27 bits per heavy atom. The van der Waals surface area contributed by atoms with E-state index in [1.807, 2.05) is 6.07 Å². The number of rotatable bonds is 1. The summed E-state index contributed by atoms with van der Waals surface area (Å²) in [4.78, 5) is 3.79. The number of nitrogens with two attached hydrogens (primary N) is 1. The highest BCUT2D eigenvalue weighted by Crippen LogP contribution is 2.16. The quantitative estimate of drug-likeness (QED) is 0.761. The van der Waals surface area contributed by atoms with E-state index in [9.17, 15) is 4.39 Å². The van der Waals surface area contributed by atoms with E-state index in [1.54, 1.807) is 12.1 Å². The summed E-state index contributed by atoms with van der Waals surface area (Å²) in [5.41, 5.74) is 6.33. The second kappa shape index (κ2) is 3.42. The van der Waals surface area contributed by atoms with Crippen LogP contribution in [0.1, 0.15) is 5.69 Å². The zero-order valence-electron chi connectivity index (χ0n) is 7.68. The molecule has 15 heavy (non-hydrogen) atoms. The monoisotopic (exact) mass is 202 g/mol. The van der Waals surface area contributed by atoms with Crippen LogP contribution in [0.5, 0.6) is 0 Å². The summed E-state index contributed by atoms with van der Waals surface area (Å²) in [5, 5.41) is 8.65. The van der Waals surface area contributed by atoms with Gasteiger partial charge in [-0.25, -0.2) is 9.37 Å². The zero-order chi connectivity index (χ0) is 10.8. The lowest BCUT2D eigenvalue weighted by Crippen LogP contribution is -1.99. The average Bonchev–Trinajstić information content (AvgIpc) is 2.59. The standard InChI is InChI=1S/C10H7FN4/c11-7-2-1-3-8(4-7)15-6-14-9(5-12)10(15)13/h1-4,6H,13H2. The number of anilines is 1. The van der Waals surface area contributed by atoms with Crippen LogP contribution >= 0.6 is 0 Å². The first-order valence-corrected chi connectivity index (χ1v) is 4.21. The van der Waals surface area contributed by atoms with Crippen molar-refractivity contribution in [2.75, 3.05) is 5.73 Å². The summed E-state index contributed by atoms with van der Waals surface area (Å²) in [6.07, 6.45) is 1.39. The number of halogens is 1. The van der Waals surface area contributed by atoms with E-state index in [1.165, 1.54) is 23.0 Å². The fourth-order valence-corrected chi connectivity index (χ4v) is 1.28. The van der Waals surface area contributed by atoms with Crippen molar-refractivity contribution in [2.24, 2.45) is 0 Å². The van der Waals surface area contributed by atoms with Crippen molar-refractivity contribution in [3.8, 4) is 11.8 Å². The number of nitrogen functional groups attached to an aromatic ring is 1. The Morgan fingerprint density at radius 1 is 1.47 bits per heavy atom. The summed E-state index contributed by atoms with van der Waals surface area (Å²) in [6, 6.07) is 7.75. The third-order valence-electron chi connectivity index (χ3n) is 2.00. The Bertz CT molecular complexity index is 539. The molecular formula is C10H7FN4. The lowest BCUT2D eigenvalue weighted by atomic mass is 10.3. The molecule has 4 nitrogen and oxygen atoms in total. The first-order chi connectivity index (χ1) is 7.22. The van der Waals surface area contributed by atoms with Gasteiger partial charge in [0.25, 0.3) is 0 Å². The van der Waals surface area contributed by atoms with Crippen LogP contribution < -0.4 is 5.73 Å². The number of imidazole rings is 1. The number of aromatic nitrogens is 2. The van der Waals surface area contributed by atoms with Crippen LogP contribution in [0.25, 0.3) is 5.69 Å². The van der Waals surface area contributed by atoms with Crippen LogP contribution in [0.4, 0.5) is 10.2 Å². The molecular weight excluding hydrogens is 195 g/mol. The van der Waals surface area contributed by atoms with Gasteiger partial charge in [0.15, 0.2) is 5.69 Å². The molecule has 0 fully saturated rings. The topological polar surface area (TPSA) is 67.6 Å². The van der Waals surface area contributed by atoms with Crippen LogP contribution in [-0.2, 0) is 0 Å². The predicted molar refractivity (Wildman–Crippen MR) is 52.6 cm³/mol. The molecule has 0 unspecified atom stereocenters. The van der Waals surface area contributed by atoms with Crippen molar-refractivity contribution in [3.63, 3.8) is 0 Å². The van der Waals surface area contributed by atoms with Gasteiger partial charge in [-0.1, -0.05) is 6.07 Å². The number of hydrogen-bond acceptors (Lipinski definition) is 3. The molecule has 0 aliphatic rings. The van der Waals surface area contributed by atoms with Gasteiger partial charge in [0.05, 0.1) is 5.69 Å². The van der Waals surface area contributed by atoms with Crippen molar-refractivity contribution in [3.05, 3.63) is 42.1 Å². The van der Waals surface area contributed by atoms with Crippen molar-refractivity contribution in [1.29, 1.82) is 5.26 Å². The van der Waals surface area contributed by atoms with Gasteiger partial charge >= 0.3 is 0 Å². The lowest BCUT2D eigenvalue weighted by Gasteiger charge is -2.03. The highest BCUT2D eigenvalue weighted by Gasteiger charge is 2.08. The molecule has 0 saturated heterocycles. The zero-order valence-corrected chi connectivity index (χ0v) is 7.68. The minimum atomic E-state index is -0.362. The molecule has 1 heterocycles. The van der Waals surface area contributed by atoms with Crippen LogP contribution in [0, 0.1) is 17.1 Å². The van der Waals surface area contributed by atoms with E-state index >= 15 is 0 Å². The maximum absolute atomic E-state index is 12.9. The third kappa shape index (κ3) is 1.53. The highest BCUT2D eigenvalue weighted by molar-refractivity contribution is 5.50. The van der Waals surface area contributed by atoms with Gasteiger partial charge in [-0.2, -0.15) is 5.26 Å². The van der Waals surface area contributed by atoms with Gasteiger partial charge in [-0.15, -0.1) is 0 Å². The Hall–Kier alpha value is -2.35. The molecule has 2 rings (SSSR count). The molecule has 0 aliphatic carbocycles. The fourth-order valence-electron chi connectivity index (χ4n) is 1.28. The first-order valence-electron chi connectivity index (χ1n) is 4.21. The van der Waals surface area contributed by atoms with E-state index in [4.69, 9.17) is 11.0 Å². The van der Waals surface area contributed by atoms with E-state index in [0.29, 0.717) is 5.69 Å². The average molecular weight is 202 g/mol. The molecule has 0 bridgehead atoms. The van der Waals surface area contributed by atoms with E-state index < -0.39 is 0 Å². The van der Waals surface area contributed by atoms with E-state index in [-0.39, 0.29) is 17.3 Å². The van der Waals surface area contributed by atoms with Gasteiger partial charge in [0.2, 0.25) is 0 Å². The molecule has 1 aromatic heterocycles. The predicted octanol–water partition coefficient (Wildman–Crippen LogP) is 1.47. The van der Waals surface area contributed by atoms with Gasteiger partial charge in [0, 0.05) is 0 Å². The Morgan fingerprint density at radius 3 is 2.87 bits per heavy atom. The van der Waals surface area contributed by atoms with Crippen LogP contribution in [-0.4, -0.2) is 9.55 Å². The van der Waals surface area contributed by atoms with Crippen molar-refractivity contribution < 1.29 is 4.39 Å². The Balaban J connectivity index is 2.56. The third-order valence-corrected chi connectivity index (χ3v) is 2.00. The number of benzene rings is 1. The molecule has 0 amide bonds. The van der Waals surface area contributed by atoms with Gasteiger partial charge in [-0.3, -0.25) is 4.57 Å².